The van der Waals surface area contributed by atoms with Crippen LogP contribution in [0.5, 0.6) is 0 Å². The van der Waals surface area contributed by atoms with Crippen LogP contribution in [0.15, 0.2) is 30.3 Å². The van der Waals surface area contributed by atoms with Gasteiger partial charge in [0.15, 0.2) is 0 Å². The van der Waals surface area contributed by atoms with Gasteiger partial charge in [0.2, 0.25) is 0 Å². The Kier molecular flexibility index (Phi) is 6.21. The SMILES string of the molecule is COC(CNC(=O)N1CCCC(C(C)O)C1)c1ccccc1. The van der Waals surface area contributed by atoms with Crippen LogP contribution in [-0.2, 0) is 4.74 Å². The van der Waals surface area contributed by atoms with Gasteiger partial charge in [0.25, 0.3) is 0 Å². The second-order valence-electron chi connectivity index (χ2n) is 5.91. The molecule has 2 N–H and O–H groups in total. The number of amides is 2. The standard InChI is InChI=1S/C17H26N2O3/c1-13(20)15-9-6-10-19(12-15)17(21)18-11-16(22-2)14-7-4-3-5-8-14/h3-5,7-8,13,15-16,20H,6,9-12H2,1-2H3,(H,18,21). The van der Waals surface area contributed by atoms with E-state index in [0.29, 0.717) is 13.1 Å². The van der Waals surface area contributed by atoms with E-state index < -0.39 is 0 Å². The van der Waals surface area contributed by atoms with Gasteiger partial charge in [0.05, 0.1) is 12.2 Å². The number of aliphatic hydroxyl groups excluding tert-OH is 1. The van der Waals surface area contributed by atoms with E-state index >= 15 is 0 Å². The molecule has 0 bridgehead atoms. The summed E-state index contributed by atoms with van der Waals surface area (Å²) in [5.74, 6) is 0.173. The van der Waals surface area contributed by atoms with E-state index in [4.69, 9.17) is 4.74 Å². The Balaban J connectivity index is 1.86. The molecule has 3 atom stereocenters. The summed E-state index contributed by atoms with van der Waals surface area (Å²) in [6, 6.07) is 9.78. The number of hydrogen-bond donors (Lipinski definition) is 2. The molecule has 3 unspecified atom stereocenters. The average molecular weight is 306 g/mol. The van der Waals surface area contributed by atoms with Gasteiger partial charge in [0, 0.05) is 32.7 Å². The van der Waals surface area contributed by atoms with Gasteiger partial charge in [-0.2, -0.15) is 0 Å². The Labute approximate surface area is 132 Å². The van der Waals surface area contributed by atoms with Crippen molar-refractivity contribution < 1.29 is 14.6 Å². The molecule has 5 heteroatoms. The molecule has 1 saturated heterocycles. The van der Waals surface area contributed by atoms with Crippen molar-refractivity contribution in [2.75, 3.05) is 26.7 Å². The third kappa shape index (κ3) is 4.45. The molecule has 0 radical (unpaired) electrons. The van der Waals surface area contributed by atoms with E-state index in [9.17, 15) is 9.90 Å². The van der Waals surface area contributed by atoms with Crippen LogP contribution in [-0.4, -0.2) is 48.9 Å². The number of carbonyl (C=O) groups excluding carboxylic acids is 1. The van der Waals surface area contributed by atoms with E-state index in [1.807, 2.05) is 30.3 Å². The van der Waals surface area contributed by atoms with Gasteiger partial charge >= 0.3 is 6.03 Å². The first kappa shape index (κ1) is 16.8. The number of benzene rings is 1. The van der Waals surface area contributed by atoms with Crippen LogP contribution in [0.1, 0.15) is 31.4 Å². The number of aliphatic hydroxyl groups is 1. The second kappa shape index (κ2) is 8.15. The first-order chi connectivity index (χ1) is 10.6. The topological polar surface area (TPSA) is 61.8 Å². The Hall–Kier alpha value is -1.59. The van der Waals surface area contributed by atoms with E-state index in [-0.39, 0.29) is 24.2 Å². The van der Waals surface area contributed by atoms with Crippen molar-refractivity contribution in [1.82, 2.24) is 10.2 Å². The second-order valence-corrected chi connectivity index (χ2v) is 5.91. The lowest BCUT2D eigenvalue weighted by Crippen LogP contribution is -2.48. The molecule has 1 aliphatic heterocycles. The van der Waals surface area contributed by atoms with E-state index in [0.717, 1.165) is 24.9 Å². The molecule has 2 rings (SSSR count). The van der Waals surface area contributed by atoms with E-state index in [2.05, 4.69) is 5.32 Å². The number of nitrogens with one attached hydrogen (secondary N) is 1. The fourth-order valence-electron chi connectivity index (χ4n) is 2.88. The van der Waals surface area contributed by atoms with Crippen molar-refractivity contribution in [2.45, 2.75) is 32.0 Å². The van der Waals surface area contributed by atoms with Crippen molar-refractivity contribution in [1.29, 1.82) is 0 Å². The normalized spacial score (nSPS) is 21.2. The highest BCUT2D eigenvalue weighted by molar-refractivity contribution is 5.74. The van der Waals surface area contributed by atoms with Crippen molar-refractivity contribution in [3.63, 3.8) is 0 Å². The summed E-state index contributed by atoms with van der Waals surface area (Å²) >= 11 is 0. The number of carbonyl (C=O) groups is 1. The highest BCUT2D eigenvalue weighted by atomic mass is 16.5. The van der Waals surface area contributed by atoms with Crippen molar-refractivity contribution in [3.05, 3.63) is 35.9 Å². The Morgan fingerprint density at radius 1 is 1.45 bits per heavy atom. The zero-order valence-corrected chi connectivity index (χ0v) is 13.4. The molecular formula is C17H26N2O3. The Morgan fingerprint density at radius 3 is 2.82 bits per heavy atom. The minimum absolute atomic E-state index is 0.0802. The van der Waals surface area contributed by atoms with Gasteiger partial charge < -0.3 is 20.1 Å². The number of hydrogen-bond acceptors (Lipinski definition) is 3. The fourth-order valence-corrected chi connectivity index (χ4v) is 2.88. The summed E-state index contributed by atoms with van der Waals surface area (Å²) in [5, 5.41) is 12.6. The molecule has 1 heterocycles. The molecule has 0 aromatic heterocycles. The van der Waals surface area contributed by atoms with Gasteiger partial charge in [-0.3, -0.25) is 0 Å². The average Bonchev–Trinajstić information content (AvgIpc) is 2.56. The molecule has 1 fully saturated rings. The number of methoxy groups -OCH3 is 1. The van der Waals surface area contributed by atoms with Gasteiger partial charge in [-0.15, -0.1) is 0 Å². The summed E-state index contributed by atoms with van der Waals surface area (Å²) in [7, 11) is 1.65. The van der Waals surface area contributed by atoms with Crippen molar-refractivity contribution in [2.24, 2.45) is 5.92 Å². The lowest BCUT2D eigenvalue weighted by atomic mass is 9.94. The van der Waals surface area contributed by atoms with Crippen LogP contribution in [0, 0.1) is 5.92 Å². The molecule has 1 aromatic carbocycles. The molecule has 1 aliphatic rings. The van der Waals surface area contributed by atoms with Gasteiger partial charge in [0.1, 0.15) is 0 Å². The lowest BCUT2D eigenvalue weighted by molar-refractivity contribution is 0.0704. The monoisotopic (exact) mass is 306 g/mol. The Morgan fingerprint density at radius 2 is 2.18 bits per heavy atom. The minimum atomic E-state index is -0.369. The molecular weight excluding hydrogens is 280 g/mol. The maximum Gasteiger partial charge on any atom is 0.317 e. The molecule has 1 aromatic rings. The molecule has 22 heavy (non-hydrogen) atoms. The predicted molar refractivity (Wildman–Crippen MR) is 85.6 cm³/mol. The minimum Gasteiger partial charge on any atom is -0.393 e. The highest BCUT2D eigenvalue weighted by Crippen LogP contribution is 2.20. The van der Waals surface area contributed by atoms with Crippen molar-refractivity contribution >= 4 is 6.03 Å². The third-order valence-corrected chi connectivity index (χ3v) is 4.32. The number of rotatable bonds is 5. The summed E-state index contributed by atoms with van der Waals surface area (Å²) < 4.78 is 5.46. The summed E-state index contributed by atoms with van der Waals surface area (Å²) in [4.78, 5) is 14.1. The van der Waals surface area contributed by atoms with Crippen LogP contribution in [0.3, 0.4) is 0 Å². The Bertz CT molecular complexity index is 464. The first-order valence-electron chi connectivity index (χ1n) is 7.90. The fraction of sp³-hybridized carbons (Fsp3) is 0.588. The predicted octanol–water partition coefficient (Wildman–Crippen LogP) is 2.18. The van der Waals surface area contributed by atoms with Crippen LogP contribution in [0.25, 0.3) is 0 Å². The third-order valence-electron chi connectivity index (χ3n) is 4.32. The molecule has 5 nitrogen and oxygen atoms in total. The zero-order valence-electron chi connectivity index (χ0n) is 13.4. The molecule has 2 amide bonds. The lowest BCUT2D eigenvalue weighted by Gasteiger charge is -2.34. The maximum absolute atomic E-state index is 12.3. The van der Waals surface area contributed by atoms with Crippen LogP contribution in [0.2, 0.25) is 0 Å². The van der Waals surface area contributed by atoms with E-state index in [1.165, 1.54) is 0 Å². The van der Waals surface area contributed by atoms with Gasteiger partial charge in [-0.25, -0.2) is 4.79 Å². The maximum atomic E-state index is 12.3. The number of nitrogens with zero attached hydrogens (tertiary/aromatic N) is 1. The summed E-state index contributed by atoms with van der Waals surface area (Å²) in [6.45, 7) is 3.60. The van der Waals surface area contributed by atoms with Gasteiger partial charge in [-0.05, 0) is 25.3 Å². The van der Waals surface area contributed by atoms with Crippen LogP contribution < -0.4 is 5.32 Å². The molecule has 0 saturated carbocycles. The molecule has 122 valence electrons. The largest absolute Gasteiger partial charge is 0.393 e. The number of piperidine rings is 1. The highest BCUT2D eigenvalue weighted by Gasteiger charge is 2.26. The quantitative estimate of drug-likeness (QED) is 0.876. The van der Waals surface area contributed by atoms with Crippen molar-refractivity contribution in [3.8, 4) is 0 Å². The zero-order chi connectivity index (χ0) is 15.9. The number of urea groups is 1. The summed E-state index contributed by atoms with van der Waals surface area (Å²) in [5.41, 5.74) is 1.05. The van der Waals surface area contributed by atoms with Crippen LogP contribution >= 0.6 is 0 Å². The molecule has 0 aliphatic carbocycles. The number of ether oxygens (including phenoxy) is 1. The molecule has 0 spiro atoms. The number of likely N-dealkylation sites (tertiary alicyclic amines) is 1. The van der Waals surface area contributed by atoms with Gasteiger partial charge in [-0.1, -0.05) is 30.3 Å². The smallest absolute Gasteiger partial charge is 0.317 e. The van der Waals surface area contributed by atoms with Crippen LogP contribution in [0.4, 0.5) is 4.79 Å². The van der Waals surface area contributed by atoms with E-state index in [1.54, 1.807) is 18.9 Å². The summed E-state index contributed by atoms with van der Waals surface area (Å²) in [6.07, 6.45) is 1.40. The first-order valence-corrected chi connectivity index (χ1v) is 7.90.